The summed E-state index contributed by atoms with van der Waals surface area (Å²) in [5, 5.41) is 11.7. The number of sulfone groups is 1. The van der Waals surface area contributed by atoms with E-state index in [4.69, 9.17) is 9.94 Å². The normalized spacial score (nSPS) is 20.5. The minimum atomic E-state index is -3.62. The molecule has 1 fully saturated rings. The van der Waals surface area contributed by atoms with Crippen LogP contribution in [-0.4, -0.2) is 43.3 Å². The highest BCUT2D eigenvalue weighted by Gasteiger charge is 2.49. The van der Waals surface area contributed by atoms with Gasteiger partial charge in [0.2, 0.25) is 5.91 Å². The Morgan fingerprint density at radius 2 is 1.97 bits per heavy atom. The number of carbonyl (C=O) groups excluding carboxylic acids is 3. The minimum Gasteiger partial charge on any atom is -0.453 e. The van der Waals surface area contributed by atoms with Gasteiger partial charge in [0.25, 0.3) is 5.91 Å². The van der Waals surface area contributed by atoms with Crippen molar-refractivity contribution in [3.63, 3.8) is 0 Å². The Labute approximate surface area is 196 Å². The van der Waals surface area contributed by atoms with Gasteiger partial charge in [0, 0.05) is 22.4 Å². The molecule has 178 valence electrons. The van der Waals surface area contributed by atoms with Crippen molar-refractivity contribution in [1.82, 2.24) is 5.48 Å². The third-order valence-electron chi connectivity index (χ3n) is 5.59. The summed E-state index contributed by atoms with van der Waals surface area (Å²) >= 11 is 1.27. The number of esters is 1. The van der Waals surface area contributed by atoms with Gasteiger partial charge < -0.3 is 10.1 Å². The summed E-state index contributed by atoms with van der Waals surface area (Å²) in [7, 11) is -3.62. The first-order chi connectivity index (χ1) is 15.6. The summed E-state index contributed by atoms with van der Waals surface area (Å²) in [5.41, 5.74) is 2.80. The van der Waals surface area contributed by atoms with Crippen LogP contribution in [0.25, 0.3) is 10.4 Å². The number of carbonyl (C=O) groups is 3. The van der Waals surface area contributed by atoms with Gasteiger partial charge in [0.15, 0.2) is 15.9 Å². The highest BCUT2D eigenvalue weighted by molar-refractivity contribution is 7.92. The molecule has 2 atom stereocenters. The van der Waals surface area contributed by atoms with Crippen molar-refractivity contribution >= 4 is 44.6 Å². The lowest BCUT2D eigenvalue weighted by atomic mass is 9.94. The summed E-state index contributed by atoms with van der Waals surface area (Å²) in [6.45, 7) is 2.70. The van der Waals surface area contributed by atoms with Crippen molar-refractivity contribution < 1.29 is 32.7 Å². The highest BCUT2D eigenvalue weighted by Crippen LogP contribution is 2.47. The second-order valence-electron chi connectivity index (χ2n) is 7.97. The number of thiophene rings is 1. The summed E-state index contributed by atoms with van der Waals surface area (Å²) in [6, 6.07) is 10.5. The van der Waals surface area contributed by atoms with Gasteiger partial charge in [-0.05, 0) is 49.6 Å². The van der Waals surface area contributed by atoms with E-state index in [2.05, 4.69) is 5.32 Å². The fraction of sp³-hybridized carbons (Fsp3) is 0.409. The van der Waals surface area contributed by atoms with E-state index in [1.165, 1.54) is 25.2 Å². The Hall–Kier alpha value is -2.76. The molecule has 1 aromatic carbocycles. The number of anilines is 1. The monoisotopic (exact) mass is 494 g/mol. The maximum Gasteiger partial charge on any atom is 0.303 e. The molecule has 1 aliphatic heterocycles. The quantitative estimate of drug-likeness (QED) is 0.305. The van der Waals surface area contributed by atoms with Crippen molar-refractivity contribution in [3.05, 3.63) is 41.3 Å². The van der Waals surface area contributed by atoms with Crippen molar-refractivity contribution in [2.45, 2.75) is 50.4 Å². The van der Waals surface area contributed by atoms with Gasteiger partial charge in [-0.3, -0.25) is 19.6 Å². The van der Waals surface area contributed by atoms with Crippen LogP contribution in [0, 0.1) is 0 Å². The van der Waals surface area contributed by atoms with Crippen molar-refractivity contribution in [1.29, 1.82) is 0 Å². The van der Waals surface area contributed by atoms with Gasteiger partial charge in [0.05, 0.1) is 12.2 Å². The third kappa shape index (κ3) is 5.43. The molecule has 0 bridgehead atoms. The zero-order valence-corrected chi connectivity index (χ0v) is 19.9. The average molecular weight is 495 g/mol. The molecule has 33 heavy (non-hydrogen) atoms. The molecular weight excluding hydrogens is 468 g/mol. The first-order valence-corrected chi connectivity index (χ1v) is 12.9. The molecule has 0 radical (unpaired) electrons. The lowest BCUT2D eigenvalue weighted by Crippen LogP contribution is -2.43. The first kappa shape index (κ1) is 24.9. The molecule has 2 amide bonds. The SMILES string of the molecule is CC(=O)OC(C)C(=O)Nc1cccc(-c2ccc([C@@]3(CC(=O)NO)CCCCS3(=O)=O)s2)c1. The molecule has 11 heteroatoms. The lowest BCUT2D eigenvalue weighted by Gasteiger charge is -2.35. The molecule has 3 N–H and O–H groups in total. The van der Waals surface area contributed by atoms with Gasteiger partial charge in [-0.2, -0.15) is 0 Å². The second kappa shape index (κ2) is 10.0. The number of rotatable bonds is 7. The first-order valence-electron chi connectivity index (χ1n) is 10.4. The molecule has 2 aromatic rings. The maximum atomic E-state index is 13.1. The number of amides is 2. The van der Waals surface area contributed by atoms with Gasteiger partial charge in [0.1, 0.15) is 4.75 Å². The summed E-state index contributed by atoms with van der Waals surface area (Å²) < 4.78 is 29.7. The molecule has 9 nitrogen and oxygen atoms in total. The molecule has 0 spiro atoms. The van der Waals surface area contributed by atoms with Crippen LogP contribution in [0.5, 0.6) is 0 Å². The molecule has 2 heterocycles. The van der Waals surface area contributed by atoms with E-state index in [-0.39, 0.29) is 12.2 Å². The topological polar surface area (TPSA) is 139 Å². The third-order valence-corrected chi connectivity index (χ3v) is 9.64. The standard InChI is InChI=1S/C22H26N2O7S2/c1-14(31-15(2)25)21(27)23-17-7-5-6-16(12-17)18-8-9-19(32-18)22(13-20(26)24-28)10-3-4-11-33(22,29)30/h5-9,12,14,28H,3-4,10-11,13H2,1-2H3,(H,23,27)(H,24,26)/t14?,22-/m0/s1. The average Bonchev–Trinajstić information content (AvgIpc) is 3.25. The van der Waals surface area contributed by atoms with E-state index in [9.17, 15) is 22.8 Å². The number of benzene rings is 1. The Morgan fingerprint density at radius 1 is 1.21 bits per heavy atom. The van der Waals surface area contributed by atoms with E-state index in [1.54, 1.807) is 35.8 Å². The van der Waals surface area contributed by atoms with Gasteiger partial charge in [-0.25, -0.2) is 13.9 Å². The fourth-order valence-corrected chi connectivity index (χ4v) is 7.72. The summed E-state index contributed by atoms with van der Waals surface area (Å²) in [4.78, 5) is 36.6. The summed E-state index contributed by atoms with van der Waals surface area (Å²) in [6.07, 6.45) is 0.195. The Kier molecular flexibility index (Phi) is 7.55. The van der Waals surface area contributed by atoms with Crippen LogP contribution in [0.15, 0.2) is 36.4 Å². The molecule has 0 saturated carbocycles. The van der Waals surface area contributed by atoms with Crippen LogP contribution in [0.4, 0.5) is 5.69 Å². The van der Waals surface area contributed by atoms with Crippen LogP contribution in [0.2, 0.25) is 0 Å². The van der Waals surface area contributed by atoms with Crippen LogP contribution in [0.3, 0.4) is 0 Å². The molecule has 3 rings (SSSR count). The second-order valence-corrected chi connectivity index (χ2v) is 11.5. The number of hydrogen-bond acceptors (Lipinski definition) is 8. The Morgan fingerprint density at radius 3 is 2.64 bits per heavy atom. The predicted molar refractivity (Wildman–Crippen MR) is 123 cm³/mol. The maximum absolute atomic E-state index is 13.1. The van der Waals surface area contributed by atoms with Gasteiger partial charge in [-0.1, -0.05) is 18.6 Å². The van der Waals surface area contributed by atoms with Crippen LogP contribution < -0.4 is 10.8 Å². The largest absolute Gasteiger partial charge is 0.453 e. The number of hydrogen-bond donors (Lipinski definition) is 3. The smallest absolute Gasteiger partial charge is 0.303 e. The van der Waals surface area contributed by atoms with Crippen LogP contribution >= 0.6 is 11.3 Å². The number of nitrogens with one attached hydrogen (secondary N) is 2. The molecule has 0 aliphatic carbocycles. The van der Waals surface area contributed by atoms with Crippen molar-refractivity contribution in [2.75, 3.05) is 11.1 Å². The molecule has 1 unspecified atom stereocenters. The summed E-state index contributed by atoms with van der Waals surface area (Å²) in [5.74, 6) is -1.79. The van der Waals surface area contributed by atoms with Crippen molar-refractivity contribution in [3.8, 4) is 10.4 Å². The highest BCUT2D eigenvalue weighted by atomic mass is 32.2. The molecule has 1 aliphatic rings. The zero-order valence-electron chi connectivity index (χ0n) is 18.3. The van der Waals surface area contributed by atoms with E-state index in [1.807, 2.05) is 6.07 Å². The zero-order chi connectivity index (χ0) is 24.2. The minimum absolute atomic E-state index is 0.0129. The molecule has 1 saturated heterocycles. The van der Waals surface area contributed by atoms with E-state index < -0.39 is 38.5 Å². The number of ether oxygens (including phenoxy) is 1. The number of hydroxylamine groups is 1. The van der Waals surface area contributed by atoms with Crippen LogP contribution in [0.1, 0.15) is 44.4 Å². The molecular formula is C22H26N2O7S2. The van der Waals surface area contributed by atoms with Gasteiger partial charge >= 0.3 is 5.97 Å². The molecule has 1 aromatic heterocycles. The van der Waals surface area contributed by atoms with E-state index in [0.29, 0.717) is 29.8 Å². The Bertz CT molecular complexity index is 1160. The predicted octanol–water partition coefficient (Wildman–Crippen LogP) is 2.99. The lowest BCUT2D eigenvalue weighted by molar-refractivity contribution is -0.150. The fourth-order valence-electron chi connectivity index (χ4n) is 3.95. The van der Waals surface area contributed by atoms with Crippen LogP contribution in [-0.2, 0) is 33.7 Å². The van der Waals surface area contributed by atoms with Gasteiger partial charge in [-0.15, -0.1) is 11.3 Å². The van der Waals surface area contributed by atoms with E-state index >= 15 is 0 Å². The Balaban J connectivity index is 1.90. The van der Waals surface area contributed by atoms with Crippen molar-refractivity contribution in [2.24, 2.45) is 0 Å². The van der Waals surface area contributed by atoms with E-state index in [0.717, 1.165) is 10.4 Å².